The molecule has 0 bridgehead atoms. The molecule has 1 fully saturated rings. The van der Waals surface area contributed by atoms with E-state index >= 15 is 0 Å². The fourth-order valence-corrected chi connectivity index (χ4v) is 3.76. The molecule has 0 saturated carbocycles. The van der Waals surface area contributed by atoms with Gasteiger partial charge in [-0.2, -0.15) is 5.26 Å². The van der Waals surface area contributed by atoms with Crippen LogP contribution in [0.1, 0.15) is 41.9 Å². The van der Waals surface area contributed by atoms with Gasteiger partial charge in [0.2, 0.25) is 5.95 Å². The quantitative estimate of drug-likeness (QED) is 0.706. The van der Waals surface area contributed by atoms with Crippen LogP contribution < -0.4 is 4.90 Å². The molecule has 0 aliphatic carbocycles. The van der Waals surface area contributed by atoms with E-state index in [1.165, 1.54) is 6.20 Å². The number of hydrogen-bond donors (Lipinski definition) is 0. The minimum atomic E-state index is -0.143. The maximum Gasteiger partial charge on any atom is 0.274 e. The molecular weight excluding hydrogens is 400 g/mol. The Kier molecular flexibility index (Phi) is 7.61. The molecule has 0 spiro atoms. The van der Waals surface area contributed by atoms with Gasteiger partial charge in [0.25, 0.3) is 5.91 Å². The minimum absolute atomic E-state index is 0.143. The van der Waals surface area contributed by atoms with Gasteiger partial charge in [-0.15, -0.1) is 0 Å². The van der Waals surface area contributed by atoms with Crippen LogP contribution in [0.2, 0.25) is 5.02 Å². The Labute approximate surface area is 182 Å². The summed E-state index contributed by atoms with van der Waals surface area (Å²) in [6, 6.07) is 9.80. The second-order valence-electron chi connectivity index (χ2n) is 7.27. The summed E-state index contributed by atoms with van der Waals surface area (Å²) in [6.07, 6.45) is 2.40. The number of amides is 1. The SMILES string of the molecule is CCN(CC)c1ncc(Cl)c(C(=O)N2CCCN(Cc3ccc(C#N)cc3)CC2)n1. The number of rotatable bonds is 6. The Hall–Kier alpha value is -2.69. The van der Waals surface area contributed by atoms with Gasteiger partial charge in [-0.25, -0.2) is 9.97 Å². The van der Waals surface area contributed by atoms with Crippen molar-refractivity contribution in [3.05, 3.63) is 52.3 Å². The van der Waals surface area contributed by atoms with Crippen LogP contribution in [0.15, 0.2) is 30.5 Å². The summed E-state index contributed by atoms with van der Waals surface area (Å²) < 4.78 is 0. The Morgan fingerprint density at radius 2 is 1.90 bits per heavy atom. The third kappa shape index (κ3) is 5.26. The van der Waals surface area contributed by atoms with Gasteiger partial charge >= 0.3 is 0 Å². The highest BCUT2D eigenvalue weighted by Crippen LogP contribution is 2.19. The van der Waals surface area contributed by atoms with Gasteiger partial charge in [0.05, 0.1) is 22.9 Å². The van der Waals surface area contributed by atoms with Crippen LogP contribution >= 0.6 is 11.6 Å². The van der Waals surface area contributed by atoms with E-state index in [1.807, 2.05) is 47.9 Å². The smallest absolute Gasteiger partial charge is 0.274 e. The van der Waals surface area contributed by atoms with Gasteiger partial charge in [0.15, 0.2) is 5.69 Å². The molecule has 0 atom stereocenters. The predicted molar refractivity (Wildman–Crippen MR) is 118 cm³/mol. The highest BCUT2D eigenvalue weighted by atomic mass is 35.5. The fourth-order valence-electron chi connectivity index (χ4n) is 3.59. The molecule has 1 aliphatic heterocycles. The van der Waals surface area contributed by atoms with Crippen molar-refractivity contribution in [3.63, 3.8) is 0 Å². The molecule has 2 heterocycles. The van der Waals surface area contributed by atoms with Gasteiger partial charge < -0.3 is 9.80 Å². The lowest BCUT2D eigenvalue weighted by molar-refractivity contribution is 0.0755. The summed E-state index contributed by atoms with van der Waals surface area (Å²) in [4.78, 5) is 28.1. The molecule has 3 rings (SSSR count). The molecule has 1 saturated heterocycles. The number of benzene rings is 1. The van der Waals surface area contributed by atoms with Crippen LogP contribution in [0.3, 0.4) is 0 Å². The molecule has 0 unspecified atom stereocenters. The first-order valence-electron chi connectivity index (χ1n) is 10.3. The zero-order valence-electron chi connectivity index (χ0n) is 17.5. The number of halogens is 1. The van der Waals surface area contributed by atoms with Crippen molar-refractivity contribution in [2.45, 2.75) is 26.8 Å². The van der Waals surface area contributed by atoms with E-state index in [0.29, 0.717) is 24.6 Å². The molecule has 1 aliphatic rings. The van der Waals surface area contributed by atoms with Gasteiger partial charge in [-0.3, -0.25) is 9.69 Å². The van der Waals surface area contributed by atoms with Crippen LogP contribution in [0.5, 0.6) is 0 Å². The summed E-state index contributed by atoms with van der Waals surface area (Å²) in [5.41, 5.74) is 2.10. The summed E-state index contributed by atoms with van der Waals surface area (Å²) in [6.45, 7) is 9.36. The lowest BCUT2D eigenvalue weighted by atomic mass is 10.1. The average molecular weight is 427 g/mol. The van der Waals surface area contributed by atoms with Crippen molar-refractivity contribution in [1.29, 1.82) is 5.26 Å². The molecular formula is C22H27ClN6O. The Morgan fingerprint density at radius 3 is 2.57 bits per heavy atom. The second-order valence-corrected chi connectivity index (χ2v) is 7.68. The van der Waals surface area contributed by atoms with E-state index in [0.717, 1.165) is 44.7 Å². The molecule has 1 amide bonds. The molecule has 0 N–H and O–H groups in total. The largest absolute Gasteiger partial charge is 0.341 e. The number of aromatic nitrogens is 2. The molecule has 8 heteroatoms. The maximum absolute atomic E-state index is 13.1. The second kappa shape index (κ2) is 10.4. The minimum Gasteiger partial charge on any atom is -0.341 e. The van der Waals surface area contributed by atoms with Gasteiger partial charge in [0.1, 0.15) is 0 Å². The number of carbonyl (C=O) groups is 1. The van der Waals surface area contributed by atoms with Gasteiger partial charge in [0, 0.05) is 45.8 Å². The van der Waals surface area contributed by atoms with Gasteiger partial charge in [-0.1, -0.05) is 23.7 Å². The van der Waals surface area contributed by atoms with E-state index in [-0.39, 0.29) is 16.6 Å². The van der Waals surface area contributed by atoms with Crippen molar-refractivity contribution < 1.29 is 4.79 Å². The monoisotopic (exact) mass is 426 g/mol. The Morgan fingerprint density at radius 1 is 1.17 bits per heavy atom. The van der Waals surface area contributed by atoms with E-state index in [9.17, 15) is 4.79 Å². The molecule has 158 valence electrons. The Bertz CT molecular complexity index is 907. The highest BCUT2D eigenvalue weighted by molar-refractivity contribution is 6.33. The first-order valence-corrected chi connectivity index (χ1v) is 10.7. The van der Waals surface area contributed by atoms with Crippen LogP contribution in [0.25, 0.3) is 0 Å². The molecule has 0 radical (unpaired) electrons. The van der Waals surface area contributed by atoms with Crippen molar-refractivity contribution >= 4 is 23.5 Å². The number of nitriles is 1. The summed E-state index contributed by atoms with van der Waals surface area (Å²) in [5.74, 6) is 0.390. The van der Waals surface area contributed by atoms with Crippen molar-refractivity contribution in [2.24, 2.45) is 0 Å². The van der Waals surface area contributed by atoms with E-state index in [4.69, 9.17) is 16.9 Å². The molecule has 1 aromatic heterocycles. The van der Waals surface area contributed by atoms with Crippen molar-refractivity contribution in [1.82, 2.24) is 19.8 Å². The number of nitrogens with zero attached hydrogens (tertiary/aromatic N) is 6. The molecule has 1 aromatic carbocycles. The van der Waals surface area contributed by atoms with Crippen LogP contribution in [-0.2, 0) is 6.54 Å². The molecule has 7 nitrogen and oxygen atoms in total. The number of anilines is 1. The average Bonchev–Trinajstić information content (AvgIpc) is 3.01. The zero-order chi connectivity index (χ0) is 21.5. The van der Waals surface area contributed by atoms with Gasteiger partial charge in [-0.05, 0) is 38.0 Å². The van der Waals surface area contributed by atoms with E-state index in [2.05, 4.69) is 20.9 Å². The third-order valence-corrected chi connectivity index (χ3v) is 5.62. The summed E-state index contributed by atoms with van der Waals surface area (Å²) >= 11 is 6.28. The standard InChI is InChI=1S/C22H27ClN6O/c1-3-28(4-2)22-25-15-19(23)20(26-22)21(30)29-11-5-10-27(12-13-29)16-18-8-6-17(14-24)7-9-18/h6-9,15H,3-5,10-13,16H2,1-2H3. The molecule has 30 heavy (non-hydrogen) atoms. The highest BCUT2D eigenvalue weighted by Gasteiger charge is 2.24. The lowest BCUT2D eigenvalue weighted by Crippen LogP contribution is -2.36. The third-order valence-electron chi connectivity index (χ3n) is 5.35. The van der Waals surface area contributed by atoms with E-state index < -0.39 is 0 Å². The summed E-state index contributed by atoms with van der Waals surface area (Å²) in [5, 5.41) is 9.23. The van der Waals surface area contributed by atoms with E-state index in [1.54, 1.807) is 0 Å². The van der Waals surface area contributed by atoms with Crippen molar-refractivity contribution in [3.8, 4) is 6.07 Å². The molecule has 2 aromatic rings. The topological polar surface area (TPSA) is 76.4 Å². The zero-order valence-corrected chi connectivity index (χ0v) is 18.3. The number of hydrogen-bond acceptors (Lipinski definition) is 6. The normalized spacial score (nSPS) is 14.8. The fraction of sp³-hybridized carbons (Fsp3) is 0.455. The van der Waals surface area contributed by atoms with Crippen molar-refractivity contribution in [2.75, 3.05) is 44.2 Å². The van der Waals surface area contributed by atoms with Crippen LogP contribution in [-0.4, -0.2) is 64.9 Å². The first-order chi connectivity index (χ1) is 14.5. The van der Waals surface area contributed by atoms with Crippen LogP contribution in [0, 0.1) is 11.3 Å². The first kappa shape index (κ1) is 22.0. The summed E-state index contributed by atoms with van der Waals surface area (Å²) in [7, 11) is 0. The maximum atomic E-state index is 13.1. The lowest BCUT2D eigenvalue weighted by Gasteiger charge is -2.23. The Balaban J connectivity index is 1.66. The number of carbonyl (C=O) groups excluding carboxylic acids is 1. The van der Waals surface area contributed by atoms with Crippen LogP contribution in [0.4, 0.5) is 5.95 Å². The predicted octanol–water partition coefficient (Wildman–Crippen LogP) is 3.20.